The molecule has 2 heterocycles. The van der Waals surface area contributed by atoms with Gasteiger partial charge in [-0.05, 0) is 42.0 Å². The molecule has 1 aromatic heterocycles. The summed E-state index contributed by atoms with van der Waals surface area (Å²) < 4.78 is 27.4. The zero-order valence-corrected chi connectivity index (χ0v) is 16.3. The molecule has 150 valence electrons. The standard InChI is InChI=1S/C21H19ClF2N4O/c22-20-19(13-25-28(21(20)29)14-15-1-3-16(23)4-2-15)27-11-9-26(10-12-27)18-7-5-17(24)6-8-18/h1-8,13H,9-12,14H2. The first kappa shape index (κ1) is 19.4. The maximum atomic E-state index is 13.1. The van der Waals surface area contributed by atoms with Gasteiger partial charge in [0, 0.05) is 31.9 Å². The molecule has 0 N–H and O–H groups in total. The monoisotopic (exact) mass is 416 g/mol. The first-order valence-corrected chi connectivity index (χ1v) is 9.64. The van der Waals surface area contributed by atoms with Gasteiger partial charge in [0.25, 0.3) is 5.56 Å². The lowest BCUT2D eigenvalue weighted by Gasteiger charge is -2.37. The molecule has 8 heteroatoms. The smallest absolute Gasteiger partial charge is 0.287 e. The van der Waals surface area contributed by atoms with Crippen LogP contribution in [0.5, 0.6) is 0 Å². The minimum atomic E-state index is -0.380. The molecule has 3 aromatic rings. The molecule has 0 bridgehead atoms. The van der Waals surface area contributed by atoms with Crippen LogP contribution < -0.4 is 15.4 Å². The van der Waals surface area contributed by atoms with E-state index >= 15 is 0 Å². The van der Waals surface area contributed by atoms with Crippen molar-refractivity contribution in [1.82, 2.24) is 9.78 Å². The number of nitrogens with zero attached hydrogens (tertiary/aromatic N) is 4. The highest BCUT2D eigenvalue weighted by Gasteiger charge is 2.21. The van der Waals surface area contributed by atoms with Gasteiger partial charge in [-0.15, -0.1) is 0 Å². The van der Waals surface area contributed by atoms with E-state index in [4.69, 9.17) is 11.6 Å². The Labute approximate surface area is 171 Å². The SMILES string of the molecule is O=c1c(Cl)c(N2CCN(c3ccc(F)cc3)CC2)cnn1Cc1ccc(F)cc1. The molecule has 0 atom stereocenters. The van der Waals surface area contributed by atoms with Gasteiger partial charge in [-0.25, -0.2) is 13.5 Å². The third-order valence-corrected chi connectivity index (χ3v) is 5.38. The van der Waals surface area contributed by atoms with Crippen molar-refractivity contribution in [2.45, 2.75) is 6.54 Å². The minimum absolute atomic E-state index is 0.123. The van der Waals surface area contributed by atoms with Gasteiger partial charge in [-0.3, -0.25) is 4.79 Å². The van der Waals surface area contributed by atoms with Gasteiger partial charge in [0.1, 0.15) is 16.7 Å². The summed E-state index contributed by atoms with van der Waals surface area (Å²) in [6.45, 7) is 3.00. The van der Waals surface area contributed by atoms with Gasteiger partial charge in [0.05, 0.1) is 18.4 Å². The Balaban J connectivity index is 1.47. The lowest BCUT2D eigenvalue weighted by Crippen LogP contribution is -2.47. The molecule has 1 saturated heterocycles. The number of anilines is 2. The average Bonchev–Trinajstić information content (AvgIpc) is 2.74. The second kappa shape index (κ2) is 8.21. The highest BCUT2D eigenvalue weighted by molar-refractivity contribution is 6.33. The molecule has 0 unspecified atom stereocenters. The van der Waals surface area contributed by atoms with Crippen molar-refractivity contribution < 1.29 is 8.78 Å². The number of aromatic nitrogens is 2. The summed E-state index contributed by atoms with van der Waals surface area (Å²) in [7, 11) is 0. The van der Waals surface area contributed by atoms with E-state index in [1.165, 1.54) is 28.9 Å². The van der Waals surface area contributed by atoms with E-state index in [-0.39, 0.29) is 28.8 Å². The van der Waals surface area contributed by atoms with Crippen LogP contribution in [-0.2, 0) is 6.54 Å². The fourth-order valence-electron chi connectivity index (χ4n) is 3.41. The van der Waals surface area contributed by atoms with Crippen molar-refractivity contribution in [1.29, 1.82) is 0 Å². The van der Waals surface area contributed by atoms with E-state index < -0.39 is 0 Å². The Morgan fingerprint density at radius 3 is 2.03 bits per heavy atom. The van der Waals surface area contributed by atoms with Crippen molar-refractivity contribution in [3.05, 3.63) is 87.3 Å². The zero-order chi connectivity index (χ0) is 20.4. The summed E-state index contributed by atoms with van der Waals surface area (Å²) in [5, 5.41) is 4.37. The number of halogens is 3. The van der Waals surface area contributed by atoms with Gasteiger partial charge in [0.2, 0.25) is 0 Å². The predicted molar refractivity (Wildman–Crippen MR) is 110 cm³/mol. The minimum Gasteiger partial charge on any atom is -0.368 e. The van der Waals surface area contributed by atoms with E-state index in [2.05, 4.69) is 10.00 Å². The van der Waals surface area contributed by atoms with Crippen LogP contribution in [0.15, 0.2) is 59.5 Å². The van der Waals surface area contributed by atoms with Crippen molar-refractivity contribution in [2.75, 3.05) is 36.0 Å². The van der Waals surface area contributed by atoms with Crippen LogP contribution in [0, 0.1) is 11.6 Å². The van der Waals surface area contributed by atoms with Gasteiger partial charge in [-0.1, -0.05) is 23.7 Å². The molecule has 1 fully saturated rings. The molecule has 0 radical (unpaired) electrons. The van der Waals surface area contributed by atoms with Gasteiger partial charge in [-0.2, -0.15) is 5.10 Å². The third kappa shape index (κ3) is 4.24. The van der Waals surface area contributed by atoms with Crippen LogP contribution in [0.3, 0.4) is 0 Å². The summed E-state index contributed by atoms with van der Waals surface area (Å²) in [5.41, 5.74) is 1.95. The molecule has 0 aliphatic carbocycles. The number of hydrogen-bond acceptors (Lipinski definition) is 4. The molecule has 29 heavy (non-hydrogen) atoms. The molecule has 1 aliphatic heterocycles. The summed E-state index contributed by atoms with van der Waals surface area (Å²) in [4.78, 5) is 16.8. The highest BCUT2D eigenvalue weighted by atomic mass is 35.5. The number of piperazine rings is 1. The molecule has 2 aromatic carbocycles. The summed E-state index contributed by atoms with van der Waals surface area (Å²) in [6.07, 6.45) is 1.60. The quantitative estimate of drug-likeness (QED) is 0.652. The Morgan fingerprint density at radius 2 is 1.41 bits per heavy atom. The first-order valence-electron chi connectivity index (χ1n) is 9.27. The number of hydrogen-bond donors (Lipinski definition) is 0. The third-order valence-electron chi connectivity index (χ3n) is 5.02. The van der Waals surface area contributed by atoms with E-state index in [9.17, 15) is 13.6 Å². The highest BCUT2D eigenvalue weighted by Crippen LogP contribution is 2.24. The van der Waals surface area contributed by atoms with Crippen molar-refractivity contribution in [2.24, 2.45) is 0 Å². The Kier molecular flexibility index (Phi) is 5.49. The second-order valence-electron chi connectivity index (χ2n) is 6.88. The molecule has 1 aliphatic rings. The topological polar surface area (TPSA) is 41.4 Å². The van der Waals surface area contributed by atoms with Crippen LogP contribution in [0.25, 0.3) is 0 Å². The molecule has 0 saturated carbocycles. The maximum Gasteiger partial charge on any atom is 0.287 e. The zero-order valence-electron chi connectivity index (χ0n) is 15.6. The fraction of sp³-hybridized carbons (Fsp3) is 0.238. The van der Waals surface area contributed by atoms with Crippen LogP contribution in [0.2, 0.25) is 5.02 Å². The number of rotatable bonds is 4. The van der Waals surface area contributed by atoms with E-state index in [1.54, 1.807) is 30.5 Å². The fourth-order valence-corrected chi connectivity index (χ4v) is 3.68. The van der Waals surface area contributed by atoms with Gasteiger partial charge >= 0.3 is 0 Å². The van der Waals surface area contributed by atoms with Crippen molar-refractivity contribution >= 4 is 23.0 Å². The molecule has 5 nitrogen and oxygen atoms in total. The molecule has 4 rings (SSSR count). The van der Waals surface area contributed by atoms with Crippen LogP contribution in [0.1, 0.15) is 5.56 Å². The van der Waals surface area contributed by atoms with E-state index in [0.717, 1.165) is 24.3 Å². The molecule has 0 amide bonds. The van der Waals surface area contributed by atoms with Crippen LogP contribution in [-0.4, -0.2) is 36.0 Å². The normalized spacial score (nSPS) is 14.3. The summed E-state index contributed by atoms with van der Waals surface area (Å²) in [5.74, 6) is -0.589. The Bertz CT molecular complexity index is 1050. The van der Waals surface area contributed by atoms with Crippen molar-refractivity contribution in [3.63, 3.8) is 0 Å². The average molecular weight is 417 g/mol. The lowest BCUT2D eigenvalue weighted by atomic mass is 10.2. The van der Waals surface area contributed by atoms with Crippen LogP contribution >= 0.6 is 11.6 Å². The van der Waals surface area contributed by atoms with Crippen molar-refractivity contribution in [3.8, 4) is 0 Å². The van der Waals surface area contributed by atoms with Crippen LogP contribution in [0.4, 0.5) is 20.2 Å². The lowest BCUT2D eigenvalue weighted by molar-refractivity contribution is 0.613. The van der Waals surface area contributed by atoms with E-state index in [1.807, 2.05) is 4.90 Å². The molecule has 0 spiro atoms. The van der Waals surface area contributed by atoms with Gasteiger partial charge in [0.15, 0.2) is 0 Å². The molecular formula is C21H19ClF2N4O. The number of benzene rings is 2. The summed E-state index contributed by atoms with van der Waals surface area (Å²) >= 11 is 6.36. The largest absolute Gasteiger partial charge is 0.368 e. The first-order chi connectivity index (χ1) is 14.0. The summed E-state index contributed by atoms with van der Waals surface area (Å²) in [6, 6.07) is 12.3. The Morgan fingerprint density at radius 1 is 0.862 bits per heavy atom. The Hall–Kier alpha value is -2.93. The predicted octanol–water partition coefficient (Wildman–Crippen LogP) is 3.55. The van der Waals surface area contributed by atoms with E-state index in [0.29, 0.717) is 18.8 Å². The second-order valence-corrected chi connectivity index (χ2v) is 7.26. The maximum absolute atomic E-state index is 13.1. The molecular weight excluding hydrogens is 398 g/mol. The van der Waals surface area contributed by atoms with Gasteiger partial charge < -0.3 is 9.80 Å².